The van der Waals surface area contributed by atoms with Crippen LogP contribution in [0.1, 0.15) is 47.3 Å². The molecule has 1 aliphatic heterocycles. The molecular formula is C22H25N3O2. The van der Waals surface area contributed by atoms with Crippen LogP contribution in [0.3, 0.4) is 0 Å². The van der Waals surface area contributed by atoms with Gasteiger partial charge in [-0.05, 0) is 43.5 Å². The van der Waals surface area contributed by atoms with E-state index in [1.807, 2.05) is 65.0 Å². The van der Waals surface area contributed by atoms with E-state index in [-0.39, 0.29) is 5.91 Å². The predicted octanol–water partition coefficient (Wildman–Crippen LogP) is 4.24. The van der Waals surface area contributed by atoms with Gasteiger partial charge >= 0.3 is 0 Å². The average Bonchev–Trinajstić information content (AvgIpc) is 2.92. The molecule has 5 heteroatoms. The van der Waals surface area contributed by atoms with E-state index in [0.29, 0.717) is 17.9 Å². The Morgan fingerprint density at radius 1 is 1.07 bits per heavy atom. The van der Waals surface area contributed by atoms with E-state index in [1.165, 1.54) is 12.8 Å². The number of para-hydroxylation sites is 1. The monoisotopic (exact) mass is 363 g/mol. The molecule has 0 aliphatic carbocycles. The van der Waals surface area contributed by atoms with Gasteiger partial charge in [0, 0.05) is 25.5 Å². The van der Waals surface area contributed by atoms with E-state index in [4.69, 9.17) is 4.74 Å². The summed E-state index contributed by atoms with van der Waals surface area (Å²) >= 11 is 0. The van der Waals surface area contributed by atoms with Crippen molar-refractivity contribution in [3.8, 4) is 5.75 Å². The summed E-state index contributed by atoms with van der Waals surface area (Å²) in [6.07, 6.45) is 8.52. The molecule has 0 unspecified atom stereocenters. The number of hydrogen-bond acceptors (Lipinski definition) is 3. The summed E-state index contributed by atoms with van der Waals surface area (Å²) in [5.74, 6) is 0.693. The molecule has 140 valence electrons. The summed E-state index contributed by atoms with van der Waals surface area (Å²) in [6, 6.07) is 11.6. The van der Waals surface area contributed by atoms with Crippen LogP contribution >= 0.6 is 0 Å². The first-order chi connectivity index (χ1) is 13.2. The highest BCUT2D eigenvalue weighted by Gasteiger charge is 2.20. The second kappa shape index (κ2) is 7.82. The number of amides is 1. The maximum absolute atomic E-state index is 13.0. The fraction of sp³-hybridized carbons (Fsp3) is 0.364. The predicted molar refractivity (Wildman–Crippen MR) is 105 cm³/mol. The standard InChI is InChI=1S/C22H25N3O2/c1-17-9-8-14-25-15-18(23-21(17)25)16-27-20-11-5-4-10-19(20)22(26)24-12-6-2-3-7-13-24/h4-5,8-11,14-15H,2-3,6-7,12-13,16H2,1H3. The zero-order valence-electron chi connectivity index (χ0n) is 15.7. The summed E-state index contributed by atoms with van der Waals surface area (Å²) < 4.78 is 8.01. The lowest BCUT2D eigenvalue weighted by atomic mass is 10.1. The normalized spacial score (nSPS) is 14.9. The number of aryl methyl sites for hydroxylation is 1. The van der Waals surface area contributed by atoms with E-state index < -0.39 is 0 Å². The number of nitrogens with zero attached hydrogens (tertiary/aromatic N) is 3. The number of carbonyl (C=O) groups is 1. The second-order valence-corrected chi connectivity index (χ2v) is 7.15. The number of rotatable bonds is 4. The summed E-state index contributed by atoms with van der Waals surface area (Å²) in [4.78, 5) is 19.6. The maximum atomic E-state index is 13.0. The first-order valence-electron chi connectivity index (χ1n) is 9.67. The van der Waals surface area contributed by atoms with Gasteiger partial charge < -0.3 is 14.0 Å². The maximum Gasteiger partial charge on any atom is 0.257 e. The number of aromatic nitrogens is 2. The smallest absolute Gasteiger partial charge is 0.257 e. The Kier molecular flexibility index (Phi) is 5.10. The number of likely N-dealkylation sites (tertiary alicyclic amines) is 1. The molecule has 0 atom stereocenters. The fourth-order valence-electron chi connectivity index (χ4n) is 3.64. The van der Waals surface area contributed by atoms with E-state index in [0.717, 1.165) is 42.8 Å². The van der Waals surface area contributed by atoms with Crippen molar-refractivity contribution in [2.45, 2.75) is 39.2 Å². The Morgan fingerprint density at radius 2 is 1.85 bits per heavy atom. The number of ether oxygens (including phenoxy) is 1. The van der Waals surface area contributed by atoms with Gasteiger partial charge in [0.15, 0.2) is 0 Å². The minimum atomic E-state index is 0.0679. The third kappa shape index (κ3) is 3.82. The van der Waals surface area contributed by atoms with Crippen LogP contribution in [-0.4, -0.2) is 33.3 Å². The van der Waals surface area contributed by atoms with Crippen LogP contribution in [0, 0.1) is 6.92 Å². The van der Waals surface area contributed by atoms with Crippen LogP contribution in [0.2, 0.25) is 0 Å². The van der Waals surface area contributed by atoms with Crippen molar-refractivity contribution < 1.29 is 9.53 Å². The molecule has 5 nitrogen and oxygen atoms in total. The third-order valence-electron chi connectivity index (χ3n) is 5.11. The van der Waals surface area contributed by atoms with Gasteiger partial charge in [0.2, 0.25) is 0 Å². The van der Waals surface area contributed by atoms with Crippen LogP contribution < -0.4 is 4.74 Å². The largest absolute Gasteiger partial charge is 0.486 e. The lowest BCUT2D eigenvalue weighted by Gasteiger charge is -2.21. The summed E-state index contributed by atoms with van der Waals surface area (Å²) in [7, 11) is 0. The van der Waals surface area contributed by atoms with E-state index in [2.05, 4.69) is 4.98 Å². The Hall–Kier alpha value is -2.82. The van der Waals surface area contributed by atoms with E-state index in [9.17, 15) is 4.79 Å². The molecule has 3 aromatic rings. The number of benzene rings is 1. The SMILES string of the molecule is Cc1cccn2cc(COc3ccccc3C(=O)N3CCCCCC3)nc12. The zero-order valence-corrected chi connectivity index (χ0v) is 15.7. The lowest BCUT2D eigenvalue weighted by Crippen LogP contribution is -2.32. The van der Waals surface area contributed by atoms with Gasteiger partial charge in [-0.3, -0.25) is 4.79 Å². The van der Waals surface area contributed by atoms with E-state index in [1.54, 1.807) is 0 Å². The molecule has 2 aromatic heterocycles. The average molecular weight is 363 g/mol. The molecule has 1 fully saturated rings. The Bertz CT molecular complexity index is 940. The highest BCUT2D eigenvalue weighted by atomic mass is 16.5. The summed E-state index contributed by atoms with van der Waals surface area (Å²) in [5, 5.41) is 0. The van der Waals surface area contributed by atoms with Crippen LogP contribution in [-0.2, 0) is 6.61 Å². The molecule has 1 amide bonds. The van der Waals surface area contributed by atoms with Crippen molar-refractivity contribution in [1.82, 2.24) is 14.3 Å². The molecule has 0 saturated carbocycles. The first kappa shape index (κ1) is 17.6. The van der Waals surface area contributed by atoms with Crippen molar-refractivity contribution in [3.05, 3.63) is 65.6 Å². The van der Waals surface area contributed by atoms with Crippen LogP contribution in [0.15, 0.2) is 48.8 Å². The minimum absolute atomic E-state index is 0.0679. The van der Waals surface area contributed by atoms with Crippen molar-refractivity contribution in [3.63, 3.8) is 0 Å². The number of pyridine rings is 1. The number of fused-ring (bicyclic) bond motifs is 1. The van der Waals surface area contributed by atoms with Crippen molar-refractivity contribution in [1.29, 1.82) is 0 Å². The molecule has 0 bridgehead atoms. The summed E-state index contributed by atoms with van der Waals surface area (Å²) in [6.45, 7) is 4.05. The fourth-order valence-corrected chi connectivity index (χ4v) is 3.64. The van der Waals surface area contributed by atoms with Crippen molar-refractivity contribution in [2.75, 3.05) is 13.1 Å². The number of imidazole rings is 1. The van der Waals surface area contributed by atoms with Gasteiger partial charge in [-0.2, -0.15) is 0 Å². The second-order valence-electron chi connectivity index (χ2n) is 7.15. The molecule has 3 heterocycles. The third-order valence-corrected chi connectivity index (χ3v) is 5.11. The van der Waals surface area contributed by atoms with Gasteiger partial charge in [-0.1, -0.05) is 31.0 Å². The highest BCUT2D eigenvalue weighted by Crippen LogP contribution is 2.23. The Morgan fingerprint density at radius 3 is 2.63 bits per heavy atom. The first-order valence-corrected chi connectivity index (χ1v) is 9.67. The van der Waals surface area contributed by atoms with Crippen molar-refractivity contribution >= 4 is 11.6 Å². The minimum Gasteiger partial charge on any atom is -0.486 e. The molecule has 1 saturated heterocycles. The number of carbonyl (C=O) groups excluding carboxylic acids is 1. The molecule has 4 rings (SSSR count). The van der Waals surface area contributed by atoms with Gasteiger partial charge in [0.05, 0.1) is 11.3 Å². The van der Waals surface area contributed by atoms with E-state index >= 15 is 0 Å². The van der Waals surface area contributed by atoms with Crippen LogP contribution in [0.4, 0.5) is 0 Å². The Labute approximate surface area is 159 Å². The van der Waals surface area contributed by atoms with Gasteiger partial charge in [-0.15, -0.1) is 0 Å². The van der Waals surface area contributed by atoms with Gasteiger partial charge in [-0.25, -0.2) is 4.98 Å². The highest BCUT2D eigenvalue weighted by molar-refractivity contribution is 5.97. The molecule has 0 radical (unpaired) electrons. The summed E-state index contributed by atoms with van der Waals surface area (Å²) in [5.41, 5.74) is 3.55. The van der Waals surface area contributed by atoms with Crippen LogP contribution in [0.5, 0.6) is 5.75 Å². The molecule has 0 spiro atoms. The van der Waals surface area contributed by atoms with Crippen molar-refractivity contribution in [2.24, 2.45) is 0 Å². The lowest BCUT2D eigenvalue weighted by molar-refractivity contribution is 0.0756. The zero-order chi connectivity index (χ0) is 18.6. The molecule has 27 heavy (non-hydrogen) atoms. The Balaban J connectivity index is 1.52. The molecular weight excluding hydrogens is 338 g/mol. The molecule has 1 aliphatic rings. The van der Waals surface area contributed by atoms with Crippen LogP contribution in [0.25, 0.3) is 5.65 Å². The topological polar surface area (TPSA) is 46.8 Å². The quantitative estimate of drug-likeness (QED) is 0.697. The van der Waals surface area contributed by atoms with Gasteiger partial charge in [0.25, 0.3) is 5.91 Å². The number of hydrogen-bond donors (Lipinski definition) is 0. The van der Waals surface area contributed by atoms with Gasteiger partial charge in [0.1, 0.15) is 18.0 Å². The molecule has 0 N–H and O–H groups in total. The molecule has 1 aromatic carbocycles.